The lowest BCUT2D eigenvalue weighted by atomic mass is 10.0. The molecule has 0 aliphatic heterocycles. The van der Waals surface area contributed by atoms with E-state index < -0.39 is 0 Å². The minimum absolute atomic E-state index is 0.0851. The first-order valence-electron chi connectivity index (χ1n) is 11.7. The molecule has 2 aromatic heterocycles. The van der Waals surface area contributed by atoms with Crippen molar-refractivity contribution in [1.29, 1.82) is 5.26 Å². The van der Waals surface area contributed by atoms with Gasteiger partial charge in [0.25, 0.3) is 5.56 Å². The summed E-state index contributed by atoms with van der Waals surface area (Å²) in [4.78, 5) is 23.5. The number of fused-ring (bicyclic) bond motifs is 1. The van der Waals surface area contributed by atoms with Gasteiger partial charge in [-0.25, -0.2) is 9.97 Å². The Morgan fingerprint density at radius 1 is 1.03 bits per heavy atom. The number of halogens is 1. The van der Waals surface area contributed by atoms with Crippen molar-refractivity contribution >= 4 is 22.5 Å². The number of rotatable bonds is 6. The van der Waals surface area contributed by atoms with Crippen molar-refractivity contribution in [2.24, 2.45) is 5.92 Å². The molecule has 5 aromatic rings. The molecule has 3 aromatic carbocycles. The summed E-state index contributed by atoms with van der Waals surface area (Å²) in [7, 11) is 0. The van der Waals surface area contributed by atoms with E-state index in [9.17, 15) is 10.1 Å². The molecule has 0 saturated carbocycles. The molecule has 2 heterocycles. The van der Waals surface area contributed by atoms with Crippen LogP contribution >= 0.6 is 11.6 Å². The number of aromatic nitrogens is 4. The van der Waals surface area contributed by atoms with E-state index >= 15 is 0 Å². The van der Waals surface area contributed by atoms with Crippen LogP contribution in [0.3, 0.4) is 0 Å². The Morgan fingerprint density at radius 3 is 2.47 bits per heavy atom. The molecule has 0 radical (unpaired) electrons. The first-order valence-corrected chi connectivity index (χ1v) is 12.1. The van der Waals surface area contributed by atoms with Crippen LogP contribution < -0.4 is 5.56 Å². The summed E-state index contributed by atoms with van der Waals surface area (Å²) >= 11 is 6.28. The number of nitriles is 1. The third kappa shape index (κ3) is 4.41. The van der Waals surface area contributed by atoms with Gasteiger partial charge in [-0.3, -0.25) is 9.36 Å². The second-order valence-corrected chi connectivity index (χ2v) is 9.48. The van der Waals surface area contributed by atoms with E-state index in [1.807, 2.05) is 48.7 Å². The third-order valence-electron chi connectivity index (χ3n) is 6.27. The van der Waals surface area contributed by atoms with Gasteiger partial charge in [0.1, 0.15) is 11.6 Å². The fraction of sp³-hybridized carbons (Fsp3) is 0.172. The second-order valence-electron chi connectivity index (χ2n) is 9.04. The molecule has 0 spiro atoms. The molecular weight excluding hydrogens is 470 g/mol. The SMILES string of the molecule is CC(C)C(c1nc2cc(Cl)ccc2c(=O)n1Cc1ccccc1)n1ccnc1-c1ccc(C#N)cc1. The predicted octanol–water partition coefficient (Wildman–Crippen LogP) is 6.08. The van der Waals surface area contributed by atoms with Crippen molar-refractivity contribution in [2.45, 2.75) is 26.4 Å². The smallest absolute Gasteiger partial charge is 0.261 e. The Bertz CT molecular complexity index is 1630. The van der Waals surface area contributed by atoms with Gasteiger partial charge < -0.3 is 4.57 Å². The van der Waals surface area contributed by atoms with Crippen molar-refractivity contribution in [3.8, 4) is 17.5 Å². The summed E-state index contributed by atoms with van der Waals surface area (Å²) in [6.07, 6.45) is 3.67. The van der Waals surface area contributed by atoms with Gasteiger partial charge >= 0.3 is 0 Å². The standard InChI is InChI=1S/C29H24ClN5O/c1-19(2)26(34-15-14-32-27(34)22-10-8-20(17-31)9-11-22)28-33-25-16-23(30)12-13-24(25)29(36)35(28)18-21-6-4-3-5-7-21/h3-16,19,26H,18H2,1-2H3. The van der Waals surface area contributed by atoms with Crippen LogP contribution in [0.15, 0.2) is 90.0 Å². The van der Waals surface area contributed by atoms with Crippen LogP contribution in [0, 0.1) is 17.2 Å². The highest BCUT2D eigenvalue weighted by molar-refractivity contribution is 6.31. The molecule has 0 saturated heterocycles. The summed E-state index contributed by atoms with van der Waals surface area (Å²) in [6, 6.07) is 24.3. The van der Waals surface area contributed by atoms with Gasteiger partial charge in [-0.05, 0) is 53.9 Å². The lowest BCUT2D eigenvalue weighted by molar-refractivity contribution is 0.401. The second kappa shape index (κ2) is 9.80. The first kappa shape index (κ1) is 23.5. The van der Waals surface area contributed by atoms with Crippen molar-refractivity contribution in [1.82, 2.24) is 19.1 Å². The van der Waals surface area contributed by atoms with Crippen molar-refractivity contribution in [2.75, 3.05) is 0 Å². The Kier molecular flexibility index (Phi) is 6.41. The number of benzene rings is 3. The van der Waals surface area contributed by atoms with E-state index in [0.29, 0.717) is 33.9 Å². The summed E-state index contributed by atoms with van der Waals surface area (Å²) in [5.74, 6) is 1.47. The average molecular weight is 494 g/mol. The molecule has 6 nitrogen and oxygen atoms in total. The fourth-order valence-electron chi connectivity index (χ4n) is 4.55. The highest BCUT2D eigenvalue weighted by Crippen LogP contribution is 2.31. The van der Waals surface area contributed by atoms with Gasteiger partial charge in [-0.2, -0.15) is 5.26 Å². The van der Waals surface area contributed by atoms with Gasteiger partial charge in [-0.15, -0.1) is 0 Å². The lowest BCUT2D eigenvalue weighted by Gasteiger charge is -2.27. The summed E-state index contributed by atoms with van der Waals surface area (Å²) in [5.41, 5.74) is 2.93. The Hall–Kier alpha value is -4.21. The minimum atomic E-state index is -0.280. The zero-order chi connectivity index (χ0) is 25.2. The number of hydrogen-bond donors (Lipinski definition) is 0. The number of imidazole rings is 1. The average Bonchev–Trinajstić information content (AvgIpc) is 3.36. The normalized spacial score (nSPS) is 12.1. The maximum Gasteiger partial charge on any atom is 0.261 e. The van der Waals surface area contributed by atoms with E-state index in [2.05, 4.69) is 29.5 Å². The van der Waals surface area contributed by atoms with Gasteiger partial charge in [0.05, 0.1) is 35.1 Å². The van der Waals surface area contributed by atoms with Crippen LogP contribution in [0.1, 0.15) is 36.8 Å². The lowest BCUT2D eigenvalue weighted by Crippen LogP contribution is -2.31. The van der Waals surface area contributed by atoms with Crippen molar-refractivity contribution in [3.05, 3.63) is 118 Å². The molecule has 36 heavy (non-hydrogen) atoms. The van der Waals surface area contributed by atoms with Gasteiger partial charge in [0.2, 0.25) is 0 Å². The van der Waals surface area contributed by atoms with E-state index in [0.717, 1.165) is 17.0 Å². The topological polar surface area (TPSA) is 76.5 Å². The summed E-state index contributed by atoms with van der Waals surface area (Å²) in [6.45, 7) is 4.60. The zero-order valence-corrected chi connectivity index (χ0v) is 20.7. The van der Waals surface area contributed by atoms with Crippen LogP contribution in [-0.2, 0) is 6.54 Å². The van der Waals surface area contributed by atoms with Crippen LogP contribution in [0.5, 0.6) is 0 Å². The molecule has 5 rings (SSSR count). The highest BCUT2D eigenvalue weighted by atomic mass is 35.5. The molecule has 1 atom stereocenters. The molecule has 0 aliphatic rings. The van der Waals surface area contributed by atoms with Crippen LogP contribution in [0.2, 0.25) is 5.02 Å². The molecule has 178 valence electrons. The first-order chi connectivity index (χ1) is 17.5. The molecule has 7 heteroatoms. The predicted molar refractivity (Wildman–Crippen MR) is 142 cm³/mol. The minimum Gasteiger partial charge on any atom is -0.320 e. The fourth-order valence-corrected chi connectivity index (χ4v) is 4.72. The Morgan fingerprint density at radius 2 is 1.78 bits per heavy atom. The van der Waals surface area contributed by atoms with E-state index in [1.165, 1.54) is 0 Å². The van der Waals surface area contributed by atoms with Crippen molar-refractivity contribution < 1.29 is 0 Å². The van der Waals surface area contributed by atoms with Crippen LogP contribution in [0.4, 0.5) is 0 Å². The Labute approximate surface area is 214 Å². The number of nitrogens with zero attached hydrogens (tertiary/aromatic N) is 5. The monoisotopic (exact) mass is 493 g/mol. The summed E-state index contributed by atoms with van der Waals surface area (Å²) < 4.78 is 3.82. The Balaban J connectivity index is 1.74. The van der Waals surface area contributed by atoms with Crippen LogP contribution in [0.25, 0.3) is 22.3 Å². The van der Waals surface area contributed by atoms with Gasteiger partial charge in [0.15, 0.2) is 0 Å². The zero-order valence-electron chi connectivity index (χ0n) is 20.0. The maximum absolute atomic E-state index is 13.8. The van der Waals surface area contributed by atoms with Gasteiger partial charge in [-0.1, -0.05) is 55.8 Å². The molecule has 0 N–H and O–H groups in total. The third-order valence-corrected chi connectivity index (χ3v) is 6.50. The van der Waals surface area contributed by atoms with Gasteiger partial charge in [0, 0.05) is 23.0 Å². The summed E-state index contributed by atoms with van der Waals surface area (Å²) in [5, 5.41) is 10.2. The van der Waals surface area contributed by atoms with E-state index in [1.54, 1.807) is 41.1 Å². The molecule has 0 amide bonds. The molecule has 0 bridgehead atoms. The number of hydrogen-bond acceptors (Lipinski definition) is 4. The quantitative estimate of drug-likeness (QED) is 0.287. The molecule has 0 aliphatic carbocycles. The molecule has 0 fully saturated rings. The highest BCUT2D eigenvalue weighted by Gasteiger charge is 2.27. The van der Waals surface area contributed by atoms with E-state index in [4.69, 9.17) is 16.6 Å². The molecule has 1 unspecified atom stereocenters. The van der Waals surface area contributed by atoms with E-state index in [-0.39, 0.29) is 17.5 Å². The largest absolute Gasteiger partial charge is 0.320 e. The maximum atomic E-state index is 13.8. The van der Waals surface area contributed by atoms with Crippen molar-refractivity contribution in [3.63, 3.8) is 0 Å². The molecular formula is C29H24ClN5O. The van der Waals surface area contributed by atoms with Crippen LogP contribution in [-0.4, -0.2) is 19.1 Å².